The number of rotatable bonds is 4. The van der Waals surface area contributed by atoms with Crippen molar-refractivity contribution in [1.82, 2.24) is 4.98 Å². The van der Waals surface area contributed by atoms with Crippen LogP contribution in [-0.4, -0.2) is 11.0 Å². The summed E-state index contributed by atoms with van der Waals surface area (Å²) in [4.78, 5) is 4.25. The molecule has 0 spiro atoms. The Hall–Kier alpha value is -0.0900. The number of aromatic nitrogens is 1. The molecule has 1 saturated carbocycles. The fraction of sp³-hybridized carbons (Fsp3) is 0.667. The number of nitrogens with zero attached hydrogens (tertiary/aromatic N) is 1. The van der Waals surface area contributed by atoms with Gasteiger partial charge in [0.2, 0.25) is 0 Å². The van der Waals surface area contributed by atoms with Gasteiger partial charge in [0.05, 0.1) is 9.98 Å². The monoisotopic (exact) mass is 260 g/mol. The van der Waals surface area contributed by atoms with Crippen molar-refractivity contribution in [3.8, 4) is 0 Å². The number of hydrogen-bond acceptors (Lipinski definition) is 3. The molecule has 0 radical (unpaired) electrons. The minimum absolute atomic E-state index is 0.693. The highest BCUT2D eigenvalue weighted by atomic mass is 79.9. The summed E-state index contributed by atoms with van der Waals surface area (Å²) in [5.74, 6) is 0.896. The van der Waals surface area contributed by atoms with Gasteiger partial charge < -0.3 is 5.32 Å². The van der Waals surface area contributed by atoms with E-state index in [0.717, 1.165) is 14.8 Å². The molecular formula is C9H13BrN2S. The van der Waals surface area contributed by atoms with E-state index >= 15 is 0 Å². The number of halogens is 1. The highest BCUT2D eigenvalue weighted by molar-refractivity contribution is 9.11. The number of thiazole rings is 1. The zero-order valence-electron chi connectivity index (χ0n) is 7.59. The van der Waals surface area contributed by atoms with Gasteiger partial charge >= 0.3 is 0 Å². The molecule has 0 amide bonds. The molecule has 2 unspecified atom stereocenters. The van der Waals surface area contributed by atoms with Crippen molar-refractivity contribution >= 4 is 32.4 Å². The molecule has 0 bridgehead atoms. The van der Waals surface area contributed by atoms with Crippen molar-refractivity contribution in [2.24, 2.45) is 5.92 Å². The standard InChI is InChI=1S/C9H13BrN2S/c1-2-3-6-4-7(6)12-9-11-5-8(10)13-9/h5-7H,2-4H2,1H3,(H,11,12). The van der Waals surface area contributed by atoms with Crippen LogP contribution in [0.15, 0.2) is 9.98 Å². The molecular weight excluding hydrogens is 248 g/mol. The van der Waals surface area contributed by atoms with Crippen molar-refractivity contribution in [2.75, 3.05) is 5.32 Å². The van der Waals surface area contributed by atoms with Crippen molar-refractivity contribution in [2.45, 2.75) is 32.2 Å². The van der Waals surface area contributed by atoms with Crippen molar-refractivity contribution in [3.63, 3.8) is 0 Å². The summed E-state index contributed by atoms with van der Waals surface area (Å²) in [7, 11) is 0. The predicted molar refractivity (Wildman–Crippen MR) is 60.2 cm³/mol. The smallest absolute Gasteiger partial charge is 0.183 e. The van der Waals surface area contributed by atoms with Gasteiger partial charge in [-0.05, 0) is 34.7 Å². The van der Waals surface area contributed by atoms with E-state index in [-0.39, 0.29) is 0 Å². The number of hydrogen-bond donors (Lipinski definition) is 1. The summed E-state index contributed by atoms with van der Waals surface area (Å²) < 4.78 is 1.10. The fourth-order valence-electron chi connectivity index (χ4n) is 1.59. The largest absolute Gasteiger partial charge is 0.358 e. The Labute approximate surface area is 90.9 Å². The lowest BCUT2D eigenvalue weighted by Crippen LogP contribution is -2.03. The zero-order valence-corrected chi connectivity index (χ0v) is 9.99. The summed E-state index contributed by atoms with van der Waals surface area (Å²) in [6.07, 6.45) is 5.82. The highest BCUT2D eigenvalue weighted by Gasteiger charge is 2.36. The first-order valence-electron chi connectivity index (χ1n) is 4.67. The predicted octanol–water partition coefficient (Wildman–Crippen LogP) is 3.51. The molecule has 1 aromatic rings. The Kier molecular flexibility index (Phi) is 2.89. The lowest BCUT2D eigenvalue weighted by molar-refractivity contribution is 0.692. The summed E-state index contributed by atoms with van der Waals surface area (Å²) in [6.45, 7) is 2.25. The molecule has 1 aliphatic carbocycles. The first-order chi connectivity index (χ1) is 6.29. The highest BCUT2D eigenvalue weighted by Crippen LogP contribution is 2.38. The molecule has 1 N–H and O–H groups in total. The third kappa shape index (κ3) is 2.44. The molecule has 0 aliphatic heterocycles. The van der Waals surface area contributed by atoms with Gasteiger partial charge in [0.1, 0.15) is 0 Å². The molecule has 1 aliphatic rings. The van der Waals surface area contributed by atoms with Crippen LogP contribution < -0.4 is 5.32 Å². The molecule has 0 aromatic carbocycles. The Morgan fingerprint density at radius 1 is 1.77 bits per heavy atom. The molecule has 72 valence electrons. The summed E-state index contributed by atoms with van der Waals surface area (Å²) in [5.41, 5.74) is 0. The Bertz CT molecular complexity index is 287. The van der Waals surface area contributed by atoms with E-state index in [9.17, 15) is 0 Å². The second-order valence-corrected chi connectivity index (χ2v) is 5.91. The third-order valence-electron chi connectivity index (χ3n) is 2.37. The van der Waals surface area contributed by atoms with Gasteiger partial charge in [-0.1, -0.05) is 24.7 Å². The topological polar surface area (TPSA) is 24.9 Å². The van der Waals surface area contributed by atoms with Crippen LogP contribution in [0.5, 0.6) is 0 Å². The molecule has 2 nitrogen and oxygen atoms in total. The minimum Gasteiger partial charge on any atom is -0.358 e. The Balaban J connectivity index is 1.81. The van der Waals surface area contributed by atoms with Crippen LogP contribution >= 0.6 is 27.3 Å². The zero-order chi connectivity index (χ0) is 9.26. The molecule has 1 heterocycles. The minimum atomic E-state index is 0.693. The summed E-state index contributed by atoms with van der Waals surface area (Å²) in [5, 5.41) is 4.50. The Morgan fingerprint density at radius 2 is 2.62 bits per heavy atom. The maximum absolute atomic E-state index is 4.25. The van der Waals surface area contributed by atoms with Gasteiger partial charge in [-0.15, -0.1) is 0 Å². The number of anilines is 1. The lowest BCUT2D eigenvalue weighted by Gasteiger charge is -1.99. The van der Waals surface area contributed by atoms with Crippen LogP contribution in [0.3, 0.4) is 0 Å². The quantitative estimate of drug-likeness (QED) is 0.897. The first-order valence-corrected chi connectivity index (χ1v) is 6.28. The van der Waals surface area contributed by atoms with E-state index < -0.39 is 0 Å². The molecule has 1 aromatic heterocycles. The van der Waals surface area contributed by atoms with Crippen LogP contribution in [-0.2, 0) is 0 Å². The maximum Gasteiger partial charge on any atom is 0.183 e. The van der Waals surface area contributed by atoms with E-state index in [4.69, 9.17) is 0 Å². The van der Waals surface area contributed by atoms with E-state index in [0.29, 0.717) is 6.04 Å². The van der Waals surface area contributed by atoms with Crippen LogP contribution in [0.4, 0.5) is 5.13 Å². The normalized spacial score (nSPS) is 26.0. The molecule has 2 atom stereocenters. The average Bonchev–Trinajstić information content (AvgIpc) is 2.66. The van der Waals surface area contributed by atoms with Gasteiger partial charge in [0, 0.05) is 6.04 Å². The van der Waals surface area contributed by atoms with E-state index in [1.165, 1.54) is 19.3 Å². The molecule has 0 saturated heterocycles. The molecule has 2 rings (SSSR count). The average molecular weight is 261 g/mol. The Morgan fingerprint density at radius 3 is 3.23 bits per heavy atom. The van der Waals surface area contributed by atoms with Gasteiger partial charge in [0.25, 0.3) is 0 Å². The van der Waals surface area contributed by atoms with Gasteiger partial charge in [0.15, 0.2) is 5.13 Å². The van der Waals surface area contributed by atoms with Gasteiger partial charge in [-0.2, -0.15) is 0 Å². The van der Waals surface area contributed by atoms with Gasteiger partial charge in [-0.25, -0.2) is 4.98 Å². The number of nitrogens with one attached hydrogen (secondary N) is 1. The van der Waals surface area contributed by atoms with E-state index in [1.807, 2.05) is 6.20 Å². The van der Waals surface area contributed by atoms with Crippen LogP contribution in [0.1, 0.15) is 26.2 Å². The van der Waals surface area contributed by atoms with Crippen molar-refractivity contribution < 1.29 is 0 Å². The third-order valence-corrected chi connectivity index (χ3v) is 3.78. The molecule has 4 heteroatoms. The fourth-order valence-corrected chi connectivity index (χ4v) is 2.76. The van der Waals surface area contributed by atoms with Crippen molar-refractivity contribution in [3.05, 3.63) is 9.98 Å². The van der Waals surface area contributed by atoms with E-state index in [1.54, 1.807) is 11.3 Å². The van der Waals surface area contributed by atoms with Gasteiger partial charge in [-0.3, -0.25) is 0 Å². The maximum atomic E-state index is 4.25. The summed E-state index contributed by atoms with van der Waals surface area (Å²) in [6, 6.07) is 0.693. The SMILES string of the molecule is CCCC1CC1Nc1ncc(Br)s1. The van der Waals surface area contributed by atoms with Crippen molar-refractivity contribution in [1.29, 1.82) is 0 Å². The van der Waals surface area contributed by atoms with Crippen LogP contribution in [0.25, 0.3) is 0 Å². The second kappa shape index (κ2) is 3.96. The second-order valence-electron chi connectivity index (χ2n) is 3.50. The lowest BCUT2D eigenvalue weighted by atomic mass is 10.2. The van der Waals surface area contributed by atoms with Crippen LogP contribution in [0.2, 0.25) is 0 Å². The molecule has 13 heavy (non-hydrogen) atoms. The van der Waals surface area contributed by atoms with E-state index in [2.05, 4.69) is 33.2 Å². The first kappa shape index (κ1) is 9.46. The molecule has 1 fully saturated rings. The summed E-state index contributed by atoms with van der Waals surface area (Å²) >= 11 is 5.07. The van der Waals surface area contributed by atoms with Crippen LogP contribution in [0, 0.1) is 5.92 Å².